The van der Waals surface area contributed by atoms with Gasteiger partial charge in [0.25, 0.3) is 0 Å². The van der Waals surface area contributed by atoms with Gasteiger partial charge < -0.3 is 25.7 Å². The first-order chi connectivity index (χ1) is 20.8. The molecule has 0 bridgehead atoms. The number of hydrogen-bond acceptors (Lipinski definition) is 7. The second kappa shape index (κ2) is 19.2. The summed E-state index contributed by atoms with van der Waals surface area (Å²) in [4.78, 5) is 29.2. The van der Waals surface area contributed by atoms with Gasteiger partial charge in [-0.1, -0.05) is 76.3 Å². The van der Waals surface area contributed by atoms with E-state index in [0.29, 0.717) is 25.3 Å². The quantitative estimate of drug-likeness (QED) is 0.172. The summed E-state index contributed by atoms with van der Waals surface area (Å²) in [6.45, 7) is 4.26. The van der Waals surface area contributed by atoms with Crippen LogP contribution in [0.25, 0.3) is 0 Å². The largest absolute Gasteiger partial charge is 0.390 e. The highest BCUT2D eigenvalue weighted by Gasteiger charge is 2.34. The molecule has 0 saturated heterocycles. The highest BCUT2D eigenvalue weighted by atomic mass is 32.2. The average Bonchev–Trinajstić information content (AvgIpc) is 2.97. The lowest BCUT2D eigenvalue weighted by molar-refractivity contribution is -0.132. The van der Waals surface area contributed by atoms with E-state index in [4.69, 9.17) is 6.42 Å². The van der Waals surface area contributed by atoms with Crippen LogP contribution in [-0.2, 0) is 25.8 Å². The van der Waals surface area contributed by atoms with Gasteiger partial charge in [-0.05, 0) is 57.2 Å². The number of nitrogens with one attached hydrogen (secondary N) is 2. The molecule has 1 aromatic rings. The first-order valence-corrected chi connectivity index (χ1v) is 17.9. The molecule has 1 aromatic carbocycles. The Morgan fingerprint density at radius 1 is 1.05 bits per heavy atom. The molecule has 1 aliphatic rings. The van der Waals surface area contributed by atoms with E-state index in [9.17, 15) is 28.2 Å². The molecule has 0 radical (unpaired) electrons. The van der Waals surface area contributed by atoms with Gasteiger partial charge >= 0.3 is 0 Å². The molecule has 4 N–H and O–H groups in total. The van der Waals surface area contributed by atoms with Gasteiger partial charge in [0, 0.05) is 13.0 Å². The number of amides is 2. The summed E-state index contributed by atoms with van der Waals surface area (Å²) >= 11 is 0. The molecule has 10 heteroatoms. The van der Waals surface area contributed by atoms with Crippen LogP contribution in [0.4, 0.5) is 0 Å². The maximum absolute atomic E-state index is 13.7. The monoisotopic (exact) mass is 633 g/mol. The molecule has 2 rings (SSSR count). The highest BCUT2D eigenvalue weighted by Crippen LogP contribution is 2.29. The topological polar surface area (TPSA) is 136 Å². The fraction of sp³-hybridized carbons (Fsp3) is 0.706. The molecule has 5 atom stereocenters. The lowest BCUT2D eigenvalue weighted by Gasteiger charge is -2.33. The second-order valence-corrected chi connectivity index (χ2v) is 15.4. The predicted molar refractivity (Wildman–Crippen MR) is 175 cm³/mol. The van der Waals surface area contributed by atoms with E-state index in [-0.39, 0.29) is 36.7 Å². The van der Waals surface area contributed by atoms with Crippen LogP contribution < -0.4 is 10.6 Å². The van der Waals surface area contributed by atoms with Crippen LogP contribution in [0.5, 0.6) is 0 Å². The van der Waals surface area contributed by atoms with Crippen LogP contribution in [0.2, 0.25) is 0 Å². The maximum atomic E-state index is 13.7. The van der Waals surface area contributed by atoms with E-state index in [1.807, 2.05) is 44.2 Å². The Morgan fingerprint density at radius 3 is 2.30 bits per heavy atom. The van der Waals surface area contributed by atoms with E-state index >= 15 is 0 Å². The number of aliphatic hydroxyl groups is 2. The van der Waals surface area contributed by atoms with Gasteiger partial charge in [0.15, 0.2) is 9.84 Å². The number of carbonyl (C=O) groups excluding carboxylic acids is 2. The first kappa shape index (κ1) is 37.7. The standard InChI is InChI=1S/C34H55N3O6S/c1-6-7-18-29(34(41)36-30(23-27-16-12-9-13-17-27)32(39)31(38)21-25(2)3)35-33(40)28(22-26-14-10-8-11-15-26)24-44(42,43)20-19-37(4)5/h1,8,10-11,14-15,25,27-32,38-39H,7,9,12-13,16-24H2,2-5H3,(H,35,40)(H,36,41)/t28?,29-,30?,31?,32+/m0/s1. The summed E-state index contributed by atoms with van der Waals surface area (Å²) in [5, 5.41) is 27.7. The van der Waals surface area contributed by atoms with Crippen LogP contribution in [0.1, 0.15) is 77.2 Å². The zero-order chi connectivity index (χ0) is 32.7. The predicted octanol–water partition coefficient (Wildman–Crippen LogP) is 2.94. The molecule has 44 heavy (non-hydrogen) atoms. The molecule has 0 aromatic heterocycles. The lowest BCUT2D eigenvalue weighted by Crippen LogP contribution is -2.56. The van der Waals surface area contributed by atoms with Crippen molar-refractivity contribution in [1.82, 2.24) is 15.5 Å². The summed E-state index contributed by atoms with van der Waals surface area (Å²) in [7, 11) is 0.00425. The number of terminal acetylenes is 1. The van der Waals surface area contributed by atoms with Gasteiger partial charge in [-0.25, -0.2) is 8.42 Å². The zero-order valence-corrected chi connectivity index (χ0v) is 27.9. The molecule has 0 spiro atoms. The minimum Gasteiger partial charge on any atom is -0.390 e. The fourth-order valence-electron chi connectivity index (χ4n) is 5.86. The molecule has 9 nitrogen and oxygen atoms in total. The number of nitrogens with zero attached hydrogens (tertiary/aromatic N) is 1. The van der Waals surface area contributed by atoms with Crippen molar-refractivity contribution in [2.24, 2.45) is 17.8 Å². The summed E-state index contributed by atoms with van der Waals surface area (Å²) in [5.74, 6) is 0.604. The van der Waals surface area contributed by atoms with Gasteiger partial charge in [-0.15, -0.1) is 12.3 Å². The van der Waals surface area contributed by atoms with Crippen LogP contribution >= 0.6 is 0 Å². The van der Waals surface area contributed by atoms with Crippen LogP contribution in [0.3, 0.4) is 0 Å². The van der Waals surface area contributed by atoms with E-state index < -0.39 is 51.9 Å². The Bertz CT molecular complexity index is 1150. The fourth-order valence-corrected chi connectivity index (χ4v) is 7.56. The third-order valence-electron chi connectivity index (χ3n) is 8.37. The van der Waals surface area contributed by atoms with Gasteiger partial charge in [0.1, 0.15) is 12.1 Å². The Morgan fingerprint density at radius 2 is 1.70 bits per heavy atom. The SMILES string of the molecule is C#CCC[C@H](NC(=O)C(Cc1ccccc1)CS(=O)(=O)CCN(C)C)C(=O)NC(CC1CCCCC1)[C@@H](O)C(O)CC(C)C. The number of sulfone groups is 1. The maximum Gasteiger partial charge on any atom is 0.242 e. The van der Waals surface area contributed by atoms with Crippen molar-refractivity contribution in [2.75, 3.05) is 32.1 Å². The van der Waals surface area contributed by atoms with Gasteiger partial charge in [-0.2, -0.15) is 0 Å². The minimum atomic E-state index is -3.58. The van der Waals surface area contributed by atoms with Gasteiger partial charge in [0.05, 0.1) is 29.6 Å². The molecule has 1 aliphatic carbocycles. The number of aliphatic hydroxyl groups excluding tert-OH is 2. The van der Waals surface area contributed by atoms with Gasteiger partial charge in [0.2, 0.25) is 11.8 Å². The number of rotatable bonds is 19. The van der Waals surface area contributed by atoms with E-state index in [1.54, 1.807) is 19.0 Å². The smallest absolute Gasteiger partial charge is 0.242 e. The van der Waals surface area contributed by atoms with E-state index in [1.165, 1.54) is 6.42 Å². The summed E-state index contributed by atoms with van der Waals surface area (Å²) in [6, 6.07) is 7.48. The molecule has 248 valence electrons. The summed E-state index contributed by atoms with van der Waals surface area (Å²) in [6.07, 6.45) is 10.2. The average molecular weight is 634 g/mol. The second-order valence-electron chi connectivity index (χ2n) is 13.2. The molecule has 3 unspecified atom stereocenters. The normalized spacial score (nSPS) is 17.8. The molecule has 2 amide bonds. The Balaban J connectivity index is 2.27. The number of benzene rings is 1. The summed E-state index contributed by atoms with van der Waals surface area (Å²) < 4.78 is 26.0. The number of hydrogen-bond donors (Lipinski definition) is 4. The molecular formula is C34H55N3O6S. The molecule has 0 heterocycles. The van der Waals surface area contributed by atoms with Gasteiger partial charge in [-0.3, -0.25) is 9.59 Å². The van der Waals surface area contributed by atoms with Crippen LogP contribution in [0, 0.1) is 30.1 Å². The minimum absolute atomic E-state index is 0.0843. The van der Waals surface area contributed by atoms with Crippen molar-refractivity contribution in [2.45, 2.75) is 102 Å². The molecular weight excluding hydrogens is 578 g/mol. The van der Waals surface area contributed by atoms with E-state index in [2.05, 4.69) is 16.6 Å². The molecule has 1 fully saturated rings. The number of carbonyl (C=O) groups is 2. The van der Waals surface area contributed by atoms with Crippen molar-refractivity contribution in [1.29, 1.82) is 0 Å². The van der Waals surface area contributed by atoms with Crippen molar-refractivity contribution in [3.8, 4) is 12.3 Å². The van der Waals surface area contributed by atoms with Crippen LogP contribution in [0.15, 0.2) is 30.3 Å². The summed E-state index contributed by atoms with van der Waals surface area (Å²) in [5.41, 5.74) is 0.815. The third kappa shape index (κ3) is 14.1. The lowest BCUT2D eigenvalue weighted by atomic mass is 9.82. The third-order valence-corrected chi connectivity index (χ3v) is 10.1. The Kier molecular flexibility index (Phi) is 16.4. The Hall–Kier alpha value is -2.45. The Labute approximate surface area is 265 Å². The van der Waals surface area contributed by atoms with Crippen molar-refractivity contribution in [3.63, 3.8) is 0 Å². The van der Waals surface area contributed by atoms with Crippen LogP contribution in [-0.4, -0.2) is 91.8 Å². The molecule has 1 saturated carbocycles. The zero-order valence-electron chi connectivity index (χ0n) is 27.1. The van der Waals surface area contributed by atoms with E-state index in [0.717, 1.165) is 31.2 Å². The highest BCUT2D eigenvalue weighted by molar-refractivity contribution is 7.91. The van der Waals surface area contributed by atoms with Crippen molar-refractivity contribution in [3.05, 3.63) is 35.9 Å². The first-order valence-electron chi connectivity index (χ1n) is 16.1. The van der Waals surface area contributed by atoms with Crippen molar-refractivity contribution < 1.29 is 28.2 Å². The molecule has 0 aliphatic heterocycles. The van der Waals surface area contributed by atoms with Crippen molar-refractivity contribution >= 4 is 21.7 Å².